The number of nitrogens with zero attached hydrogens (tertiary/aromatic N) is 1. The van der Waals surface area contributed by atoms with Crippen molar-refractivity contribution < 1.29 is 4.79 Å². The van der Waals surface area contributed by atoms with Crippen LogP contribution in [0.1, 0.15) is 12.5 Å². The Labute approximate surface area is 133 Å². The van der Waals surface area contributed by atoms with Gasteiger partial charge in [0.15, 0.2) is 0 Å². The molecule has 2 N–H and O–H groups in total. The summed E-state index contributed by atoms with van der Waals surface area (Å²) in [4.78, 5) is 15.9. The first-order valence-corrected chi connectivity index (χ1v) is 8.67. The average molecular weight is 313 g/mol. The first kappa shape index (κ1) is 14.8. The van der Waals surface area contributed by atoms with Crippen LogP contribution in [0.3, 0.4) is 0 Å². The fourth-order valence-electron chi connectivity index (χ4n) is 2.61. The van der Waals surface area contributed by atoms with Crippen molar-refractivity contribution in [3.05, 3.63) is 55.0 Å². The summed E-state index contributed by atoms with van der Waals surface area (Å²) in [5.41, 5.74) is 1.88. The molecule has 5 heteroatoms. The summed E-state index contributed by atoms with van der Waals surface area (Å²) in [7, 11) is 0. The molecule has 0 aliphatic rings. The molecule has 1 atom stereocenters. The third kappa shape index (κ3) is 3.04. The third-order valence-electron chi connectivity index (χ3n) is 3.74. The number of fused-ring (bicyclic) bond motifs is 1. The molecule has 3 rings (SSSR count). The maximum absolute atomic E-state index is 12.7. The van der Waals surface area contributed by atoms with Gasteiger partial charge in [-0.25, -0.2) is 0 Å². The number of carbonyl (C=O) groups is 1. The summed E-state index contributed by atoms with van der Waals surface area (Å²) < 4.78 is 1.98. The third-order valence-corrected chi connectivity index (χ3v) is 4.38. The Hall–Kier alpha value is -2.14. The van der Waals surface area contributed by atoms with Crippen LogP contribution in [0.15, 0.2) is 55.0 Å². The molecule has 2 aromatic heterocycles. The quantitative estimate of drug-likeness (QED) is 0.725. The standard InChI is InChI=1S/C17H19N3OS/c1-22-12-8-16(20-10-2-3-11-20)17(21)19-15-6-4-5-14-13(15)7-9-18-14/h2-7,9-11,16,18H,8,12H2,1H3,(H,19,21)/t16-/m0/s1. The molecule has 0 spiro atoms. The largest absolute Gasteiger partial charge is 0.361 e. The monoisotopic (exact) mass is 313 g/mol. The molecule has 4 nitrogen and oxygen atoms in total. The van der Waals surface area contributed by atoms with Crippen molar-refractivity contribution >= 4 is 34.3 Å². The minimum Gasteiger partial charge on any atom is -0.361 e. The number of rotatable bonds is 6. The highest BCUT2D eigenvalue weighted by molar-refractivity contribution is 7.98. The zero-order chi connectivity index (χ0) is 15.4. The molecule has 2 heterocycles. The summed E-state index contributed by atoms with van der Waals surface area (Å²) in [5.74, 6) is 0.976. The number of hydrogen-bond donors (Lipinski definition) is 2. The number of carbonyl (C=O) groups excluding carboxylic acids is 1. The van der Waals surface area contributed by atoms with Crippen molar-refractivity contribution in [1.29, 1.82) is 0 Å². The van der Waals surface area contributed by atoms with E-state index in [9.17, 15) is 4.79 Å². The highest BCUT2D eigenvalue weighted by atomic mass is 32.2. The Morgan fingerprint density at radius 2 is 2.09 bits per heavy atom. The first-order valence-electron chi connectivity index (χ1n) is 7.28. The lowest BCUT2D eigenvalue weighted by atomic mass is 10.1. The minimum atomic E-state index is -0.184. The summed E-state index contributed by atoms with van der Waals surface area (Å²) in [6, 6.07) is 11.6. The molecule has 114 valence electrons. The van der Waals surface area contributed by atoms with Gasteiger partial charge in [-0.3, -0.25) is 4.79 Å². The summed E-state index contributed by atoms with van der Waals surface area (Å²) in [5, 5.41) is 4.11. The van der Waals surface area contributed by atoms with E-state index >= 15 is 0 Å². The van der Waals surface area contributed by atoms with Gasteiger partial charge in [0.05, 0.1) is 5.69 Å². The van der Waals surface area contributed by atoms with E-state index in [1.54, 1.807) is 11.8 Å². The summed E-state index contributed by atoms with van der Waals surface area (Å²) in [6.07, 6.45) is 8.65. The number of aromatic nitrogens is 2. The molecule has 0 saturated heterocycles. The highest BCUT2D eigenvalue weighted by Gasteiger charge is 2.20. The fraction of sp³-hybridized carbons (Fsp3) is 0.235. The molecule has 0 unspecified atom stereocenters. The average Bonchev–Trinajstić information content (AvgIpc) is 3.19. The minimum absolute atomic E-state index is 0.0268. The van der Waals surface area contributed by atoms with Crippen LogP contribution in [0, 0.1) is 0 Å². The lowest BCUT2D eigenvalue weighted by Crippen LogP contribution is -2.26. The number of aromatic amines is 1. The number of hydrogen-bond acceptors (Lipinski definition) is 2. The number of anilines is 1. The Morgan fingerprint density at radius 1 is 1.27 bits per heavy atom. The van der Waals surface area contributed by atoms with Gasteiger partial charge in [-0.05, 0) is 48.8 Å². The molecule has 0 saturated carbocycles. The van der Waals surface area contributed by atoms with Gasteiger partial charge in [-0.15, -0.1) is 0 Å². The van der Waals surface area contributed by atoms with Gasteiger partial charge >= 0.3 is 0 Å². The molecular formula is C17H19N3OS. The Kier molecular flexibility index (Phi) is 4.53. The predicted octanol–water partition coefficient (Wildman–Crippen LogP) is 3.90. The number of thioether (sulfide) groups is 1. The lowest BCUT2D eigenvalue weighted by Gasteiger charge is -2.18. The van der Waals surface area contributed by atoms with E-state index < -0.39 is 0 Å². The molecule has 1 aromatic carbocycles. The van der Waals surface area contributed by atoms with Gasteiger partial charge in [0, 0.05) is 29.5 Å². The van der Waals surface area contributed by atoms with E-state index in [2.05, 4.69) is 16.6 Å². The normalized spacial score (nSPS) is 12.4. The van der Waals surface area contributed by atoms with Gasteiger partial charge in [0.2, 0.25) is 5.91 Å². The Balaban J connectivity index is 1.83. The SMILES string of the molecule is CSCC[C@@H](C(=O)Nc1cccc2[nH]ccc12)n1cccc1. The zero-order valence-electron chi connectivity index (χ0n) is 12.5. The number of nitrogens with one attached hydrogen (secondary N) is 2. The van der Waals surface area contributed by atoms with Gasteiger partial charge < -0.3 is 14.9 Å². The summed E-state index contributed by atoms with van der Waals surface area (Å²) >= 11 is 1.76. The van der Waals surface area contributed by atoms with Crippen LogP contribution < -0.4 is 5.32 Å². The second-order valence-corrected chi connectivity index (χ2v) is 6.15. The van der Waals surface area contributed by atoms with Gasteiger partial charge in [0.25, 0.3) is 0 Å². The molecule has 0 aliphatic carbocycles. The van der Waals surface area contributed by atoms with Crippen LogP contribution >= 0.6 is 11.8 Å². The maximum Gasteiger partial charge on any atom is 0.247 e. The summed E-state index contributed by atoms with van der Waals surface area (Å²) in [6.45, 7) is 0. The molecule has 22 heavy (non-hydrogen) atoms. The van der Waals surface area contributed by atoms with Crippen LogP contribution in [0.5, 0.6) is 0 Å². The van der Waals surface area contributed by atoms with E-state index in [4.69, 9.17) is 0 Å². The van der Waals surface area contributed by atoms with Crippen molar-refractivity contribution in [2.45, 2.75) is 12.5 Å². The van der Waals surface area contributed by atoms with Crippen molar-refractivity contribution in [1.82, 2.24) is 9.55 Å². The molecule has 0 bridgehead atoms. The number of benzene rings is 1. The molecule has 0 aliphatic heterocycles. The van der Waals surface area contributed by atoms with E-state index in [0.717, 1.165) is 28.8 Å². The van der Waals surface area contributed by atoms with Crippen molar-refractivity contribution in [3.8, 4) is 0 Å². The van der Waals surface area contributed by atoms with E-state index in [0.29, 0.717) is 0 Å². The molecule has 0 radical (unpaired) electrons. The number of H-pyrrole nitrogens is 1. The van der Waals surface area contributed by atoms with Crippen molar-refractivity contribution in [2.24, 2.45) is 0 Å². The highest BCUT2D eigenvalue weighted by Crippen LogP contribution is 2.24. The van der Waals surface area contributed by atoms with Crippen molar-refractivity contribution in [3.63, 3.8) is 0 Å². The van der Waals surface area contributed by atoms with Gasteiger partial charge in [0.1, 0.15) is 6.04 Å². The first-order chi connectivity index (χ1) is 10.8. The van der Waals surface area contributed by atoms with E-state index in [-0.39, 0.29) is 11.9 Å². The van der Waals surface area contributed by atoms with E-state index in [1.165, 1.54) is 0 Å². The fourth-order valence-corrected chi connectivity index (χ4v) is 3.07. The van der Waals surface area contributed by atoms with E-state index in [1.807, 2.05) is 59.6 Å². The molecule has 1 amide bonds. The predicted molar refractivity (Wildman–Crippen MR) is 93.4 cm³/mol. The van der Waals surface area contributed by atoms with Crippen LogP contribution in [0.25, 0.3) is 10.9 Å². The zero-order valence-corrected chi connectivity index (χ0v) is 13.3. The maximum atomic E-state index is 12.7. The van der Waals surface area contributed by atoms with Crippen LogP contribution in [0.2, 0.25) is 0 Å². The smallest absolute Gasteiger partial charge is 0.247 e. The number of amides is 1. The topological polar surface area (TPSA) is 49.8 Å². The molecule has 3 aromatic rings. The molecular weight excluding hydrogens is 294 g/mol. The van der Waals surface area contributed by atoms with Gasteiger partial charge in [-0.2, -0.15) is 11.8 Å². The van der Waals surface area contributed by atoms with Crippen LogP contribution in [0.4, 0.5) is 5.69 Å². The van der Waals surface area contributed by atoms with Crippen LogP contribution in [-0.2, 0) is 4.79 Å². The Morgan fingerprint density at radius 3 is 2.86 bits per heavy atom. The second kappa shape index (κ2) is 6.75. The van der Waals surface area contributed by atoms with Crippen LogP contribution in [-0.4, -0.2) is 27.5 Å². The van der Waals surface area contributed by atoms with Crippen molar-refractivity contribution in [2.75, 3.05) is 17.3 Å². The van der Waals surface area contributed by atoms with Gasteiger partial charge in [-0.1, -0.05) is 6.07 Å². The second-order valence-electron chi connectivity index (χ2n) is 5.16. The molecule has 0 fully saturated rings. The Bertz CT molecular complexity index is 748. The lowest BCUT2D eigenvalue weighted by molar-refractivity contribution is -0.119.